The van der Waals surface area contributed by atoms with Gasteiger partial charge in [-0.05, 0) is 71.7 Å². The van der Waals surface area contributed by atoms with Crippen molar-refractivity contribution in [3.05, 3.63) is 133 Å². The first-order chi connectivity index (χ1) is 21.9. The number of carbonyl (C=O) groups excluding carboxylic acids is 1. The van der Waals surface area contributed by atoms with Crippen molar-refractivity contribution in [1.29, 1.82) is 0 Å². The molecule has 0 spiro atoms. The van der Waals surface area contributed by atoms with Gasteiger partial charge in [-0.1, -0.05) is 72.0 Å². The molecule has 0 fully saturated rings. The first-order valence-electron chi connectivity index (χ1n) is 14.5. The molecule has 0 bridgehead atoms. The summed E-state index contributed by atoms with van der Waals surface area (Å²) in [5.41, 5.74) is 3.15. The molecule has 0 radical (unpaired) electrons. The molecular formula is C36H32N2O6S. The predicted molar refractivity (Wildman–Crippen MR) is 175 cm³/mol. The SMILES string of the molecule is CCOC(=O)C1=C(C)N=c2s/c(=C/c3ccc(OCc4cccc5ccccc45)cc3)c(=O)n2[C@@H]1c1ccc(OC)c(OC)c1. The zero-order valence-corrected chi connectivity index (χ0v) is 26.2. The van der Waals surface area contributed by atoms with Crippen LogP contribution in [-0.2, 0) is 16.1 Å². The van der Waals surface area contributed by atoms with Gasteiger partial charge in [0, 0.05) is 0 Å². The molecule has 8 nitrogen and oxygen atoms in total. The number of allylic oxidation sites excluding steroid dienone is 1. The van der Waals surface area contributed by atoms with Crippen LogP contribution in [0.4, 0.5) is 0 Å². The van der Waals surface area contributed by atoms with Crippen molar-refractivity contribution in [3.63, 3.8) is 0 Å². The highest BCUT2D eigenvalue weighted by atomic mass is 32.1. The van der Waals surface area contributed by atoms with E-state index in [9.17, 15) is 9.59 Å². The van der Waals surface area contributed by atoms with E-state index in [1.807, 2.05) is 54.6 Å². The van der Waals surface area contributed by atoms with Gasteiger partial charge >= 0.3 is 5.97 Å². The number of methoxy groups -OCH3 is 2. The van der Waals surface area contributed by atoms with Crippen LogP contribution < -0.4 is 29.1 Å². The summed E-state index contributed by atoms with van der Waals surface area (Å²) < 4.78 is 24.5. The molecule has 0 saturated carbocycles. The van der Waals surface area contributed by atoms with Crippen LogP contribution in [0, 0.1) is 0 Å². The summed E-state index contributed by atoms with van der Waals surface area (Å²) in [6.45, 7) is 4.14. The second-order valence-corrected chi connectivity index (χ2v) is 11.4. The molecule has 1 aromatic heterocycles. The molecule has 228 valence electrons. The first kappa shape index (κ1) is 29.9. The highest BCUT2D eigenvalue weighted by Crippen LogP contribution is 2.36. The molecule has 0 unspecified atom stereocenters. The first-order valence-corrected chi connectivity index (χ1v) is 15.3. The maximum Gasteiger partial charge on any atom is 0.338 e. The van der Waals surface area contributed by atoms with Crippen molar-refractivity contribution in [2.75, 3.05) is 20.8 Å². The highest BCUT2D eigenvalue weighted by molar-refractivity contribution is 7.07. The summed E-state index contributed by atoms with van der Waals surface area (Å²) >= 11 is 1.27. The molecule has 4 aromatic carbocycles. The zero-order chi connectivity index (χ0) is 31.5. The second-order valence-electron chi connectivity index (χ2n) is 10.4. The van der Waals surface area contributed by atoms with Gasteiger partial charge < -0.3 is 18.9 Å². The quantitative estimate of drug-likeness (QED) is 0.201. The summed E-state index contributed by atoms with van der Waals surface area (Å²) in [4.78, 5) is 32.3. The molecule has 0 saturated heterocycles. The third-order valence-electron chi connectivity index (χ3n) is 7.69. The van der Waals surface area contributed by atoms with Crippen LogP contribution in [0.5, 0.6) is 17.2 Å². The van der Waals surface area contributed by atoms with Gasteiger partial charge in [-0.2, -0.15) is 0 Å². The van der Waals surface area contributed by atoms with Gasteiger partial charge in [0.1, 0.15) is 12.4 Å². The number of carbonyl (C=O) groups is 1. The lowest BCUT2D eigenvalue weighted by molar-refractivity contribution is -0.139. The monoisotopic (exact) mass is 620 g/mol. The molecule has 6 rings (SSSR count). The molecule has 0 amide bonds. The molecule has 9 heteroatoms. The van der Waals surface area contributed by atoms with E-state index < -0.39 is 12.0 Å². The number of fused-ring (bicyclic) bond motifs is 2. The van der Waals surface area contributed by atoms with E-state index in [0.29, 0.717) is 44.3 Å². The van der Waals surface area contributed by atoms with E-state index in [4.69, 9.17) is 18.9 Å². The van der Waals surface area contributed by atoms with Gasteiger partial charge in [-0.15, -0.1) is 0 Å². The number of ether oxygens (including phenoxy) is 4. The molecular weight excluding hydrogens is 588 g/mol. The molecule has 2 heterocycles. The number of aromatic nitrogens is 1. The molecule has 45 heavy (non-hydrogen) atoms. The number of nitrogens with zero attached hydrogens (tertiary/aromatic N) is 2. The zero-order valence-electron chi connectivity index (χ0n) is 25.4. The molecule has 1 aliphatic heterocycles. The minimum absolute atomic E-state index is 0.195. The fourth-order valence-corrected chi connectivity index (χ4v) is 6.57. The van der Waals surface area contributed by atoms with Crippen molar-refractivity contribution >= 4 is 34.2 Å². The van der Waals surface area contributed by atoms with E-state index in [1.165, 1.54) is 22.1 Å². The Balaban J connectivity index is 1.34. The lowest BCUT2D eigenvalue weighted by atomic mass is 9.95. The minimum Gasteiger partial charge on any atom is -0.493 e. The summed E-state index contributed by atoms with van der Waals surface area (Å²) in [5.74, 6) is 1.23. The lowest BCUT2D eigenvalue weighted by Crippen LogP contribution is -2.39. The van der Waals surface area contributed by atoms with Gasteiger partial charge in [0.2, 0.25) is 0 Å². The minimum atomic E-state index is -0.757. The Hall–Kier alpha value is -5.15. The average molecular weight is 621 g/mol. The van der Waals surface area contributed by atoms with Crippen LogP contribution in [0.25, 0.3) is 16.8 Å². The van der Waals surface area contributed by atoms with Crippen LogP contribution in [-0.4, -0.2) is 31.4 Å². The number of esters is 1. The predicted octanol–water partition coefficient (Wildman–Crippen LogP) is 5.55. The van der Waals surface area contributed by atoms with Crippen LogP contribution in [0.15, 0.2) is 106 Å². The third kappa shape index (κ3) is 5.86. The average Bonchev–Trinajstić information content (AvgIpc) is 3.36. The molecule has 1 aliphatic rings. The van der Waals surface area contributed by atoms with Crippen LogP contribution in [0.2, 0.25) is 0 Å². The van der Waals surface area contributed by atoms with Gasteiger partial charge in [-0.3, -0.25) is 9.36 Å². The van der Waals surface area contributed by atoms with Crippen molar-refractivity contribution in [3.8, 4) is 17.2 Å². The number of hydrogen-bond acceptors (Lipinski definition) is 8. The normalized spacial score (nSPS) is 14.6. The van der Waals surface area contributed by atoms with E-state index in [1.54, 1.807) is 44.8 Å². The second kappa shape index (κ2) is 12.8. The summed E-state index contributed by atoms with van der Waals surface area (Å²) in [6.07, 6.45) is 1.83. The van der Waals surface area contributed by atoms with Crippen molar-refractivity contribution in [2.24, 2.45) is 4.99 Å². The van der Waals surface area contributed by atoms with E-state index in [2.05, 4.69) is 29.3 Å². The maximum atomic E-state index is 14.0. The topological polar surface area (TPSA) is 88.4 Å². The Morgan fingerprint density at radius 1 is 0.956 bits per heavy atom. The number of hydrogen-bond donors (Lipinski definition) is 0. The van der Waals surface area contributed by atoms with Crippen molar-refractivity contribution in [1.82, 2.24) is 4.57 Å². The van der Waals surface area contributed by atoms with Crippen molar-refractivity contribution in [2.45, 2.75) is 26.5 Å². The number of rotatable bonds is 9. The van der Waals surface area contributed by atoms with Crippen LogP contribution in [0.3, 0.4) is 0 Å². The Morgan fingerprint density at radius 3 is 2.47 bits per heavy atom. The van der Waals surface area contributed by atoms with E-state index in [-0.39, 0.29) is 12.2 Å². The Labute approximate surface area is 264 Å². The summed E-state index contributed by atoms with van der Waals surface area (Å²) in [7, 11) is 3.10. The fourth-order valence-electron chi connectivity index (χ4n) is 5.52. The number of thiazole rings is 1. The Kier molecular flexibility index (Phi) is 8.53. The summed E-state index contributed by atoms with van der Waals surface area (Å²) in [5, 5.41) is 2.34. The fraction of sp³-hybridized carbons (Fsp3) is 0.194. The van der Waals surface area contributed by atoms with Gasteiger partial charge in [0.05, 0.1) is 42.7 Å². The lowest BCUT2D eigenvalue weighted by Gasteiger charge is -2.25. The summed E-state index contributed by atoms with van der Waals surface area (Å²) in [6, 6.07) is 26.6. The van der Waals surface area contributed by atoms with Crippen molar-refractivity contribution < 1.29 is 23.7 Å². The van der Waals surface area contributed by atoms with Crippen LogP contribution in [0.1, 0.15) is 36.6 Å². The highest BCUT2D eigenvalue weighted by Gasteiger charge is 2.34. The van der Waals surface area contributed by atoms with Gasteiger partial charge in [0.15, 0.2) is 16.3 Å². The Morgan fingerprint density at radius 2 is 1.71 bits per heavy atom. The van der Waals surface area contributed by atoms with Gasteiger partial charge in [-0.25, -0.2) is 9.79 Å². The molecule has 0 N–H and O–H groups in total. The van der Waals surface area contributed by atoms with E-state index in [0.717, 1.165) is 16.9 Å². The number of benzene rings is 4. The Bertz CT molecular complexity index is 2110. The molecule has 5 aromatic rings. The third-order valence-corrected chi connectivity index (χ3v) is 8.68. The molecule has 0 aliphatic carbocycles. The standard InChI is InChI=1S/C36H32N2O6S/c1-5-43-35(40)32-22(2)37-36-38(33(32)25-15-18-29(41-3)30(20-25)42-4)34(39)31(45-36)19-23-13-16-27(17-14-23)44-21-26-11-8-10-24-9-6-7-12-28(24)26/h6-20,33H,5,21H2,1-4H3/b31-19+/t33-/m1/s1. The maximum absolute atomic E-state index is 14.0. The van der Waals surface area contributed by atoms with E-state index >= 15 is 0 Å². The van der Waals surface area contributed by atoms with Gasteiger partial charge in [0.25, 0.3) is 5.56 Å². The molecule has 1 atom stereocenters. The van der Waals surface area contributed by atoms with Crippen LogP contribution >= 0.6 is 11.3 Å². The smallest absolute Gasteiger partial charge is 0.338 e. The largest absolute Gasteiger partial charge is 0.493 e.